The average Bonchev–Trinajstić information content (AvgIpc) is 2.93. The number of nitrogens with zero attached hydrogens (tertiary/aromatic N) is 2. The minimum atomic E-state index is -4.48. The van der Waals surface area contributed by atoms with E-state index < -0.39 is 17.6 Å². The average molecular weight is 306 g/mol. The molecule has 0 atom stereocenters. The number of aromatic nitrogens is 3. The van der Waals surface area contributed by atoms with Gasteiger partial charge in [0, 0.05) is 17.1 Å². The molecule has 0 radical (unpaired) electrons. The van der Waals surface area contributed by atoms with E-state index in [1.165, 1.54) is 24.5 Å². The number of carbonyl (C=O) groups is 1. The van der Waals surface area contributed by atoms with Crippen molar-refractivity contribution in [2.24, 2.45) is 5.73 Å². The van der Waals surface area contributed by atoms with Gasteiger partial charge in [0.25, 0.3) is 5.91 Å². The molecule has 2 aromatic heterocycles. The van der Waals surface area contributed by atoms with Crippen LogP contribution in [0.2, 0.25) is 0 Å². The lowest BCUT2D eigenvalue weighted by Crippen LogP contribution is -2.12. The second kappa shape index (κ2) is 4.83. The van der Waals surface area contributed by atoms with Gasteiger partial charge in [0.2, 0.25) is 0 Å². The molecule has 0 unspecified atom stereocenters. The highest BCUT2D eigenvalue weighted by molar-refractivity contribution is 5.96. The van der Waals surface area contributed by atoms with E-state index in [1.54, 1.807) is 0 Å². The van der Waals surface area contributed by atoms with Crippen LogP contribution in [0.3, 0.4) is 0 Å². The second-order valence-corrected chi connectivity index (χ2v) is 4.65. The Kier molecular flexibility index (Phi) is 3.09. The van der Waals surface area contributed by atoms with E-state index in [-0.39, 0.29) is 11.2 Å². The molecule has 0 bridgehead atoms. The summed E-state index contributed by atoms with van der Waals surface area (Å²) in [6, 6.07) is 4.88. The maximum atomic E-state index is 13.0. The number of aromatic amines is 1. The largest absolute Gasteiger partial charge is 0.416 e. The van der Waals surface area contributed by atoms with Crippen molar-refractivity contribution in [2.75, 3.05) is 0 Å². The van der Waals surface area contributed by atoms with Crippen LogP contribution in [0.25, 0.3) is 22.0 Å². The number of hydrogen-bond donors (Lipinski definition) is 2. The number of rotatable bonds is 2. The first kappa shape index (κ1) is 14.1. The molecule has 112 valence electrons. The van der Waals surface area contributed by atoms with Crippen LogP contribution >= 0.6 is 0 Å². The van der Waals surface area contributed by atoms with Gasteiger partial charge in [0.05, 0.1) is 17.3 Å². The molecule has 3 rings (SSSR count). The van der Waals surface area contributed by atoms with Crippen molar-refractivity contribution in [1.82, 2.24) is 15.2 Å². The summed E-state index contributed by atoms with van der Waals surface area (Å²) >= 11 is 0. The van der Waals surface area contributed by atoms with Crippen molar-refractivity contribution >= 4 is 16.8 Å². The summed E-state index contributed by atoms with van der Waals surface area (Å²) in [5, 5.41) is 6.83. The lowest BCUT2D eigenvalue weighted by molar-refractivity contribution is -0.137. The van der Waals surface area contributed by atoms with Crippen LogP contribution in [0.5, 0.6) is 0 Å². The summed E-state index contributed by atoms with van der Waals surface area (Å²) in [5.41, 5.74) is 5.36. The molecule has 2 heterocycles. The number of benzene rings is 1. The number of carbonyl (C=O) groups excluding carboxylic acids is 1. The van der Waals surface area contributed by atoms with E-state index in [1.807, 2.05) is 0 Å². The summed E-state index contributed by atoms with van der Waals surface area (Å²) in [6.45, 7) is 0. The summed E-state index contributed by atoms with van der Waals surface area (Å²) in [5.74, 6) is -0.705. The van der Waals surface area contributed by atoms with Gasteiger partial charge in [-0.15, -0.1) is 0 Å². The van der Waals surface area contributed by atoms with Crippen molar-refractivity contribution in [3.63, 3.8) is 0 Å². The van der Waals surface area contributed by atoms with Gasteiger partial charge in [0.1, 0.15) is 5.69 Å². The highest BCUT2D eigenvalue weighted by Crippen LogP contribution is 2.36. The molecular formula is C14H9F3N4O. The van der Waals surface area contributed by atoms with Gasteiger partial charge in [-0.1, -0.05) is 6.07 Å². The van der Waals surface area contributed by atoms with Crippen molar-refractivity contribution in [3.8, 4) is 11.1 Å². The standard InChI is InChI=1S/C14H9F3N4O/c15-14(16,17)8-3-9(10-6-20-21-12(10)4-8)7-1-2-11(13(18)22)19-5-7/h1-6H,(H2,18,22)(H,20,21). The minimum Gasteiger partial charge on any atom is -0.364 e. The quantitative estimate of drug-likeness (QED) is 0.763. The Hall–Kier alpha value is -2.90. The van der Waals surface area contributed by atoms with Gasteiger partial charge in [-0.2, -0.15) is 18.3 Å². The lowest BCUT2D eigenvalue weighted by Gasteiger charge is -2.10. The van der Waals surface area contributed by atoms with Crippen molar-refractivity contribution in [1.29, 1.82) is 0 Å². The van der Waals surface area contributed by atoms with E-state index >= 15 is 0 Å². The van der Waals surface area contributed by atoms with Crippen molar-refractivity contribution < 1.29 is 18.0 Å². The van der Waals surface area contributed by atoms with Crippen LogP contribution in [-0.2, 0) is 6.18 Å². The highest BCUT2D eigenvalue weighted by Gasteiger charge is 2.31. The van der Waals surface area contributed by atoms with Crippen LogP contribution in [0.15, 0.2) is 36.7 Å². The molecule has 0 aliphatic rings. The van der Waals surface area contributed by atoms with E-state index in [9.17, 15) is 18.0 Å². The Bertz CT molecular complexity index is 853. The molecular weight excluding hydrogens is 297 g/mol. The molecule has 1 aromatic carbocycles. The molecule has 0 aliphatic carbocycles. The van der Waals surface area contributed by atoms with Gasteiger partial charge in [-0.25, -0.2) is 0 Å². The second-order valence-electron chi connectivity index (χ2n) is 4.65. The Labute approximate surface area is 122 Å². The number of nitrogens with one attached hydrogen (secondary N) is 1. The molecule has 3 aromatic rings. The number of fused-ring (bicyclic) bond motifs is 1. The summed E-state index contributed by atoms with van der Waals surface area (Å²) in [6.07, 6.45) is -1.73. The number of halogens is 3. The first-order valence-electron chi connectivity index (χ1n) is 6.17. The number of hydrogen-bond acceptors (Lipinski definition) is 3. The normalized spacial score (nSPS) is 11.8. The maximum absolute atomic E-state index is 13.0. The monoisotopic (exact) mass is 306 g/mol. The third-order valence-corrected chi connectivity index (χ3v) is 3.21. The number of primary amides is 1. The first-order chi connectivity index (χ1) is 10.4. The number of alkyl halides is 3. The van der Waals surface area contributed by atoms with Gasteiger partial charge in [-0.05, 0) is 23.8 Å². The zero-order chi connectivity index (χ0) is 15.9. The molecule has 5 nitrogen and oxygen atoms in total. The molecule has 0 aliphatic heterocycles. The highest BCUT2D eigenvalue weighted by atomic mass is 19.4. The van der Waals surface area contributed by atoms with Crippen LogP contribution in [0.1, 0.15) is 16.1 Å². The topological polar surface area (TPSA) is 84.7 Å². The number of pyridine rings is 1. The van der Waals surface area contributed by atoms with Crippen molar-refractivity contribution in [3.05, 3.63) is 47.9 Å². The predicted octanol–water partition coefficient (Wildman–Crippen LogP) is 2.74. The first-order valence-corrected chi connectivity index (χ1v) is 6.17. The Morgan fingerprint density at radius 1 is 1.18 bits per heavy atom. The molecule has 0 saturated carbocycles. The minimum absolute atomic E-state index is 0.0409. The summed E-state index contributed by atoms with van der Waals surface area (Å²) in [7, 11) is 0. The van der Waals surface area contributed by atoms with E-state index in [0.717, 1.165) is 12.1 Å². The van der Waals surface area contributed by atoms with Crippen LogP contribution in [0.4, 0.5) is 13.2 Å². The number of nitrogens with two attached hydrogens (primary N) is 1. The van der Waals surface area contributed by atoms with Gasteiger partial charge >= 0.3 is 6.18 Å². The van der Waals surface area contributed by atoms with Crippen molar-refractivity contribution in [2.45, 2.75) is 6.18 Å². The molecule has 8 heteroatoms. The van der Waals surface area contributed by atoms with Gasteiger partial charge < -0.3 is 5.73 Å². The van der Waals surface area contributed by atoms with E-state index in [4.69, 9.17) is 5.73 Å². The molecule has 0 fully saturated rings. The van der Waals surface area contributed by atoms with Gasteiger partial charge in [0.15, 0.2) is 0 Å². The Morgan fingerprint density at radius 3 is 2.55 bits per heavy atom. The third kappa shape index (κ3) is 2.39. The zero-order valence-corrected chi connectivity index (χ0v) is 11.0. The fraction of sp³-hybridized carbons (Fsp3) is 0.0714. The summed E-state index contributed by atoms with van der Waals surface area (Å²) in [4.78, 5) is 14.9. The SMILES string of the molecule is NC(=O)c1ccc(-c2cc(C(F)(F)F)cc3[nH]ncc23)cn1. The van der Waals surface area contributed by atoms with Crippen LogP contribution < -0.4 is 5.73 Å². The molecule has 3 N–H and O–H groups in total. The smallest absolute Gasteiger partial charge is 0.364 e. The van der Waals surface area contributed by atoms with Gasteiger partial charge in [-0.3, -0.25) is 14.9 Å². The van der Waals surface area contributed by atoms with Crippen LogP contribution in [0, 0.1) is 0 Å². The fourth-order valence-corrected chi connectivity index (χ4v) is 2.15. The number of amides is 1. The fourth-order valence-electron chi connectivity index (χ4n) is 2.15. The molecule has 0 saturated heterocycles. The van der Waals surface area contributed by atoms with Crippen LogP contribution in [-0.4, -0.2) is 21.1 Å². The lowest BCUT2D eigenvalue weighted by atomic mass is 10.00. The van der Waals surface area contributed by atoms with E-state index in [0.29, 0.717) is 16.5 Å². The Balaban J connectivity index is 2.20. The Morgan fingerprint density at radius 2 is 1.95 bits per heavy atom. The summed E-state index contributed by atoms with van der Waals surface area (Å²) < 4.78 is 38.9. The number of H-pyrrole nitrogens is 1. The molecule has 0 spiro atoms. The molecule has 22 heavy (non-hydrogen) atoms. The third-order valence-electron chi connectivity index (χ3n) is 3.21. The predicted molar refractivity (Wildman–Crippen MR) is 72.8 cm³/mol. The molecule has 1 amide bonds. The zero-order valence-electron chi connectivity index (χ0n) is 11.0. The van der Waals surface area contributed by atoms with E-state index in [2.05, 4.69) is 15.2 Å². The maximum Gasteiger partial charge on any atom is 0.416 e.